The van der Waals surface area contributed by atoms with Gasteiger partial charge in [-0.1, -0.05) is 0 Å². The Hall–Kier alpha value is -1.18. The van der Waals surface area contributed by atoms with E-state index in [1.54, 1.807) is 4.90 Å². The average molecular weight is 257 g/mol. The maximum Gasteiger partial charge on any atom is 0.223 e. The zero-order valence-electron chi connectivity index (χ0n) is 10.7. The van der Waals surface area contributed by atoms with E-state index in [2.05, 4.69) is 10.6 Å². The van der Waals surface area contributed by atoms with Crippen molar-refractivity contribution in [2.24, 2.45) is 17.4 Å². The summed E-state index contributed by atoms with van der Waals surface area (Å²) >= 11 is 0. The lowest BCUT2D eigenvalue weighted by Crippen LogP contribution is -2.37. The summed E-state index contributed by atoms with van der Waals surface area (Å²) in [6.07, 6.45) is 0.257. The lowest BCUT2D eigenvalue weighted by Gasteiger charge is -2.16. The first-order chi connectivity index (χ1) is 8.65. The predicted molar refractivity (Wildman–Crippen MR) is 68.7 cm³/mol. The molecule has 1 heterocycles. The first-order valence-corrected chi connectivity index (χ1v) is 6.33. The third-order valence-corrected chi connectivity index (χ3v) is 2.98. The first-order valence-electron chi connectivity index (χ1n) is 6.33. The van der Waals surface area contributed by atoms with Gasteiger partial charge in [-0.2, -0.15) is 0 Å². The van der Waals surface area contributed by atoms with Crippen molar-refractivity contribution in [2.45, 2.75) is 6.42 Å². The number of likely N-dealkylation sites (tertiary alicyclic amines) is 1. The number of nitrogens with two attached hydrogens (primary N) is 2. The molecule has 1 unspecified atom stereocenters. The highest BCUT2D eigenvalue weighted by molar-refractivity contribution is 5.88. The van der Waals surface area contributed by atoms with Crippen molar-refractivity contribution in [3.63, 3.8) is 0 Å². The Labute approximate surface area is 107 Å². The molecule has 2 amide bonds. The van der Waals surface area contributed by atoms with E-state index in [-0.39, 0.29) is 24.2 Å². The van der Waals surface area contributed by atoms with Gasteiger partial charge in [0.2, 0.25) is 11.8 Å². The maximum atomic E-state index is 11.6. The summed E-state index contributed by atoms with van der Waals surface area (Å²) < 4.78 is 0. The van der Waals surface area contributed by atoms with Crippen LogP contribution in [0.2, 0.25) is 0 Å². The molecule has 0 aliphatic carbocycles. The molecule has 6 N–H and O–H groups in total. The number of amides is 2. The molecule has 104 valence electrons. The van der Waals surface area contributed by atoms with Crippen LogP contribution in [0.3, 0.4) is 0 Å². The molecule has 7 nitrogen and oxygen atoms in total. The Balaban J connectivity index is 2.06. The number of hydrogen-bond acceptors (Lipinski definition) is 5. The smallest absolute Gasteiger partial charge is 0.223 e. The molecule has 1 aliphatic heterocycles. The van der Waals surface area contributed by atoms with Crippen LogP contribution in [0, 0.1) is 5.92 Å². The van der Waals surface area contributed by atoms with Gasteiger partial charge in [-0.3, -0.25) is 9.59 Å². The number of rotatable bonds is 9. The van der Waals surface area contributed by atoms with Crippen LogP contribution in [-0.4, -0.2) is 62.5 Å². The molecule has 0 aromatic heterocycles. The molecule has 0 bridgehead atoms. The van der Waals surface area contributed by atoms with Gasteiger partial charge in [0.1, 0.15) is 0 Å². The van der Waals surface area contributed by atoms with Gasteiger partial charge in [-0.05, 0) is 0 Å². The average Bonchev–Trinajstić information content (AvgIpc) is 2.70. The third-order valence-electron chi connectivity index (χ3n) is 2.98. The highest BCUT2D eigenvalue weighted by atomic mass is 16.2. The van der Waals surface area contributed by atoms with Gasteiger partial charge in [0, 0.05) is 52.2 Å². The van der Waals surface area contributed by atoms with Crippen molar-refractivity contribution in [1.82, 2.24) is 15.5 Å². The largest absolute Gasteiger partial charge is 0.369 e. The van der Waals surface area contributed by atoms with E-state index < -0.39 is 0 Å². The topological polar surface area (TPSA) is 113 Å². The summed E-state index contributed by atoms with van der Waals surface area (Å²) in [7, 11) is 0. The molecule has 1 saturated heterocycles. The second-order valence-corrected chi connectivity index (χ2v) is 4.43. The fraction of sp³-hybridized carbons (Fsp3) is 0.818. The summed E-state index contributed by atoms with van der Waals surface area (Å²) in [6, 6.07) is 0. The predicted octanol–water partition coefficient (Wildman–Crippen LogP) is -2.54. The fourth-order valence-corrected chi connectivity index (χ4v) is 1.92. The summed E-state index contributed by atoms with van der Waals surface area (Å²) in [6.45, 7) is 4.95. The molecule has 0 aromatic carbocycles. The molecule has 1 fully saturated rings. The highest BCUT2D eigenvalue weighted by Crippen LogP contribution is 2.16. The van der Waals surface area contributed by atoms with Crippen molar-refractivity contribution in [3.8, 4) is 0 Å². The number of nitrogens with one attached hydrogen (secondary N) is 2. The SMILES string of the molecule is NCCNCCNCCN1CC(C(N)=O)CC1=O. The van der Waals surface area contributed by atoms with Crippen LogP contribution in [-0.2, 0) is 9.59 Å². The van der Waals surface area contributed by atoms with Crippen molar-refractivity contribution in [3.05, 3.63) is 0 Å². The van der Waals surface area contributed by atoms with Gasteiger partial charge in [0.25, 0.3) is 0 Å². The Morgan fingerprint density at radius 2 is 1.94 bits per heavy atom. The van der Waals surface area contributed by atoms with Crippen LogP contribution in [0.25, 0.3) is 0 Å². The molecule has 18 heavy (non-hydrogen) atoms. The van der Waals surface area contributed by atoms with Gasteiger partial charge in [0.15, 0.2) is 0 Å². The van der Waals surface area contributed by atoms with Gasteiger partial charge in [0.05, 0.1) is 5.92 Å². The molecule has 1 rings (SSSR count). The van der Waals surface area contributed by atoms with E-state index in [4.69, 9.17) is 11.5 Å². The number of carbonyl (C=O) groups is 2. The quantitative estimate of drug-likeness (QED) is 0.340. The summed E-state index contributed by atoms with van der Waals surface area (Å²) in [5.41, 5.74) is 10.5. The van der Waals surface area contributed by atoms with Crippen LogP contribution < -0.4 is 22.1 Å². The van der Waals surface area contributed by atoms with Gasteiger partial charge >= 0.3 is 0 Å². The molecule has 7 heteroatoms. The molecule has 0 aromatic rings. The summed E-state index contributed by atoms with van der Waals surface area (Å²) in [4.78, 5) is 24.2. The Bertz CT molecular complexity index is 285. The van der Waals surface area contributed by atoms with E-state index in [9.17, 15) is 9.59 Å². The minimum Gasteiger partial charge on any atom is -0.369 e. The van der Waals surface area contributed by atoms with Gasteiger partial charge < -0.3 is 27.0 Å². The number of carbonyl (C=O) groups excluding carboxylic acids is 2. The minimum absolute atomic E-state index is 0.0156. The maximum absolute atomic E-state index is 11.6. The lowest BCUT2D eigenvalue weighted by molar-refractivity contribution is -0.128. The van der Waals surface area contributed by atoms with Crippen LogP contribution in [0.5, 0.6) is 0 Å². The van der Waals surface area contributed by atoms with Crippen LogP contribution in [0.15, 0.2) is 0 Å². The summed E-state index contributed by atoms with van der Waals surface area (Å²) in [5.74, 6) is -0.685. The van der Waals surface area contributed by atoms with Gasteiger partial charge in [-0.25, -0.2) is 0 Å². The molecular weight excluding hydrogens is 234 g/mol. The molecule has 1 atom stereocenters. The fourth-order valence-electron chi connectivity index (χ4n) is 1.92. The second kappa shape index (κ2) is 8.02. The van der Waals surface area contributed by atoms with E-state index >= 15 is 0 Å². The van der Waals surface area contributed by atoms with E-state index in [1.165, 1.54) is 0 Å². The third kappa shape index (κ3) is 4.99. The van der Waals surface area contributed by atoms with Crippen molar-refractivity contribution in [2.75, 3.05) is 45.8 Å². The second-order valence-electron chi connectivity index (χ2n) is 4.43. The molecule has 0 radical (unpaired) electrons. The Morgan fingerprint density at radius 3 is 2.50 bits per heavy atom. The molecular formula is C11H23N5O2. The van der Waals surface area contributed by atoms with Gasteiger partial charge in [-0.15, -0.1) is 0 Å². The molecule has 1 aliphatic rings. The molecule has 0 saturated carbocycles. The minimum atomic E-state index is -0.384. The van der Waals surface area contributed by atoms with Crippen molar-refractivity contribution >= 4 is 11.8 Å². The van der Waals surface area contributed by atoms with Crippen LogP contribution >= 0.6 is 0 Å². The molecule has 0 spiro atoms. The zero-order chi connectivity index (χ0) is 13.4. The van der Waals surface area contributed by atoms with E-state index in [1.807, 2.05) is 0 Å². The van der Waals surface area contributed by atoms with E-state index in [0.717, 1.165) is 26.2 Å². The number of nitrogens with zero attached hydrogens (tertiary/aromatic N) is 1. The summed E-state index contributed by atoms with van der Waals surface area (Å²) in [5, 5.41) is 6.39. The van der Waals surface area contributed by atoms with Crippen LogP contribution in [0.1, 0.15) is 6.42 Å². The lowest BCUT2D eigenvalue weighted by atomic mass is 10.1. The highest BCUT2D eigenvalue weighted by Gasteiger charge is 2.32. The Morgan fingerprint density at radius 1 is 1.28 bits per heavy atom. The van der Waals surface area contributed by atoms with Crippen molar-refractivity contribution in [1.29, 1.82) is 0 Å². The standard InChI is InChI=1S/C11H23N5O2/c12-1-2-14-3-4-15-5-6-16-8-9(11(13)18)7-10(16)17/h9,14-15H,1-8,12H2,(H2,13,18). The normalized spacial score (nSPS) is 19.5. The van der Waals surface area contributed by atoms with Crippen molar-refractivity contribution < 1.29 is 9.59 Å². The monoisotopic (exact) mass is 257 g/mol. The number of primary amides is 1. The van der Waals surface area contributed by atoms with Crippen LogP contribution in [0.4, 0.5) is 0 Å². The van der Waals surface area contributed by atoms with E-state index in [0.29, 0.717) is 19.6 Å². The number of hydrogen-bond donors (Lipinski definition) is 4. The first kappa shape index (κ1) is 14.9. The Kier molecular flexibility index (Phi) is 6.63. The zero-order valence-corrected chi connectivity index (χ0v) is 10.7.